The van der Waals surface area contributed by atoms with E-state index in [-0.39, 0.29) is 0 Å². The highest BCUT2D eigenvalue weighted by atomic mass is 32.2. The Morgan fingerprint density at radius 3 is 0.895 bits per heavy atom. The molecule has 0 aromatic carbocycles. The molecule has 230 valence electrons. The summed E-state index contributed by atoms with van der Waals surface area (Å²) in [4.78, 5) is 0. The molecule has 0 aliphatic rings. The Morgan fingerprint density at radius 1 is 0.395 bits per heavy atom. The molecule has 2 unspecified atom stereocenters. The maximum atomic E-state index is 13.9. The van der Waals surface area contributed by atoms with E-state index in [0.717, 1.165) is 14.2 Å². The maximum Gasteiger partial charge on any atom is 0.483 e. The molecule has 0 amide bonds. The summed E-state index contributed by atoms with van der Waals surface area (Å²) in [6, 6.07) is 0. The van der Waals surface area contributed by atoms with E-state index in [1.165, 1.54) is 0 Å². The third kappa shape index (κ3) is 6.06. The molecule has 0 radical (unpaired) electrons. The molecule has 0 heterocycles. The van der Waals surface area contributed by atoms with Gasteiger partial charge in [-0.15, -0.1) is 0 Å². The van der Waals surface area contributed by atoms with E-state index >= 15 is 0 Å². The van der Waals surface area contributed by atoms with Gasteiger partial charge in [0.25, 0.3) is 0 Å². The van der Waals surface area contributed by atoms with E-state index in [9.17, 15) is 101 Å². The van der Waals surface area contributed by atoms with Crippen LogP contribution < -0.4 is 0 Å². The second kappa shape index (κ2) is 9.18. The van der Waals surface area contributed by atoms with Crippen molar-refractivity contribution in [3.8, 4) is 0 Å². The zero-order chi connectivity index (χ0) is 31.6. The molecule has 0 aromatic heterocycles. The third-order valence-electron chi connectivity index (χ3n) is 3.26. The summed E-state index contributed by atoms with van der Waals surface area (Å²) in [6.45, 7) is 0. The molecule has 38 heavy (non-hydrogen) atoms. The first-order chi connectivity index (χ1) is 15.9. The number of hydrogen-bond acceptors (Lipinski definition) is 5. The predicted molar refractivity (Wildman–Crippen MR) is 65.4 cm³/mol. The number of ether oxygens (including phenoxy) is 3. The quantitative estimate of drug-likeness (QED) is 0.235. The molecule has 0 aromatic rings. The summed E-state index contributed by atoms with van der Waals surface area (Å²) < 4.78 is 301. The number of hydrogen-bond donors (Lipinski definition) is 1. The summed E-state index contributed by atoms with van der Waals surface area (Å²) in [5.41, 5.74) is 0. The minimum Gasteiger partial charge on any atom is -0.281 e. The van der Waals surface area contributed by atoms with Crippen molar-refractivity contribution in [2.75, 3.05) is 0 Å². The summed E-state index contributed by atoms with van der Waals surface area (Å²) in [5, 5.41) is -7.58. The average molecular weight is 648 g/mol. The van der Waals surface area contributed by atoms with Crippen LogP contribution in [0.3, 0.4) is 0 Å². The molecule has 1 N–H and O–H groups in total. The molecule has 0 aliphatic carbocycles. The lowest BCUT2D eigenvalue weighted by Crippen LogP contribution is -2.69. The highest BCUT2D eigenvalue weighted by Crippen LogP contribution is 2.58. The van der Waals surface area contributed by atoms with Crippen LogP contribution in [-0.4, -0.2) is 72.9 Å². The molecular formula is C10HF21O6S. The van der Waals surface area contributed by atoms with Gasteiger partial charge in [0, 0.05) is 0 Å². The van der Waals surface area contributed by atoms with E-state index in [4.69, 9.17) is 4.55 Å². The SMILES string of the molecule is O=S(=O)(O)C(F)(F)C(F)(F)OC(F)(F)C(F)(OC(F)(F)C(F)(OC(F)(F)C(F)(F)F)C(F)(F)F)C(F)(F)F. The Hall–Kier alpha value is -1.68. The molecule has 0 rings (SSSR count). The second-order valence-corrected chi connectivity index (χ2v) is 7.51. The van der Waals surface area contributed by atoms with Crippen LogP contribution in [0.25, 0.3) is 0 Å². The Morgan fingerprint density at radius 2 is 0.658 bits per heavy atom. The number of halogens is 21. The van der Waals surface area contributed by atoms with Gasteiger partial charge in [-0.05, 0) is 0 Å². The Balaban J connectivity index is 7.08. The van der Waals surface area contributed by atoms with Crippen molar-refractivity contribution in [1.29, 1.82) is 0 Å². The Kier molecular flexibility index (Phi) is 8.77. The summed E-state index contributed by atoms with van der Waals surface area (Å²) in [5.74, 6) is -17.1. The molecule has 2 atom stereocenters. The average Bonchev–Trinajstić information content (AvgIpc) is 2.55. The lowest BCUT2D eigenvalue weighted by molar-refractivity contribution is -0.580. The van der Waals surface area contributed by atoms with Gasteiger partial charge < -0.3 is 0 Å². The van der Waals surface area contributed by atoms with Gasteiger partial charge >= 0.3 is 70.0 Å². The van der Waals surface area contributed by atoms with E-state index in [1.807, 2.05) is 0 Å². The lowest BCUT2D eigenvalue weighted by Gasteiger charge is -2.41. The minimum absolute atomic E-state index is 1.04. The summed E-state index contributed by atoms with van der Waals surface area (Å²) in [6.07, 6.45) is -57.1. The normalized spacial score (nSPS) is 19.2. The molecule has 0 saturated heterocycles. The van der Waals surface area contributed by atoms with Crippen LogP contribution in [0.1, 0.15) is 0 Å². The van der Waals surface area contributed by atoms with Crippen molar-refractivity contribution in [2.24, 2.45) is 0 Å². The van der Waals surface area contributed by atoms with E-state index in [2.05, 4.69) is 0 Å². The Bertz CT molecular complexity index is 964. The Labute approximate surface area is 190 Å². The van der Waals surface area contributed by atoms with Gasteiger partial charge in [0.1, 0.15) is 0 Å². The molecule has 28 heteroatoms. The van der Waals surface area contributed by atoms with Crippen molar-refractivity contribution in [1.82, 2.24) is 0 Å². The van der Waals surface area contributed by atoms with Crippen molar-refractivity contribution < 1.29 is 119 Å². The highest BCUT2D eigenvalue weighted by molar-refractivity contribution is 7.86. The van der Waals surface area contributed by atoms with Gasteiger partial charge in [0.15, 0.2) is 0 Å². The first-order valence-corrected chi connectivity index (χ1v) is 8.85. The predicted octanol–water partition coefficient (Wildman–Crippen LogP) is 5.91. The zero-order valence-electron chi connectivity index (χ0n) is 15.8. The lowest BCUT2D eigenvalue weighted by atomic mass is 10.2. The van der Waals surface area contributed by atoms with Crippen LogP contribution in [0.4, 0.5) is 92.2 Å². The van der Waals surface area contributed by atoms with Crippen LogP contribution >= 0.6 is 0 Å². The van der Waals surface area contributed by atoms with Gasteiger partial charge in [-0.1, -0.05) is 0 Å². The number of rotatable bonds is 10. The molecule has 0 spiro atoms. The molecule has 0 aliphatic heterocycles. The van der Waals surface area contributed by atoms with Crippen LogP contribution in [0.2, 0.25) is 0 Å². The van der Waals surface area contributed by atoms with Gasteiger partial charge in [-0.2, -0.15) is 101 Å². The maximum absolute atomic E-state index is 13.9. The van der Waals surface area contributed by atoms with Crippen LogP contribution in [0.5, 0.6) is 0 Å². The van der Waals surface area contributed by atoms with Gasteiger partial charge in [0.2, 0.25) is 0 Å². The van der Waals surface area contributed by atoms with E-state index < -0.39 is 70.0 Å². The van der Waals surface area contributed by atoms with E-state index in [1.54, 1.807) is 0 Å². The molecule has 0 saturated carbocycles. The molecular weight excluding hydrogens is 647 g/mol. The van der Waals surface area contributed by atoms with Crippen molar-refractivity contribution >= 4 is 10.1 Å². The zero-order valence-corrected chi connectivity index (χ0v) is 16.7. The summed E-state index contributed by atoms with van der Waals surface area (Å²) >= 11 is 0. The van der Waals surface area contributed by atoms with Crippen molar-refractivity contribution in [3.63, 3.8) is 0 Å². The van der Waals surface area contributed by atoms with Crippen molar-refractivity contribution in [3.05, 3.63) is 0 Å². The molecule has 0 bridgehead atoms. The topological polar surface area (TPSA) is 82.1 Å². The smallest absolute Gasteiger partial charge is 0.281 e. The monoisotopic (exact) mass is 648 g/mol. The summed E-state index contributed by atoms with van der Waals surface area (Å²) in [7, 11) is -7.78. The van der Waals surface area contributed by atoms with Crippen LogP contribution in [-0.2, 0) is 24.3 Å². The van der Waals surface area contributed by atoms with Crippen LogP contribution in [0, 0.1) is 0 Å². The van der Waals surface area contributed by atoms with Gasteiger partial charge in [-0.3, -0.25) is 14.0 Å². The first-order valence-electron chi connectivity index (χ1n) is 7.41. The fraction of sp³-hybridized carbons (Fsp3) is 1.00. The van der Waals surface area contributed by atoms with Crippen LogP contribution in [0.15, 0.2) is 0 Å². The standard InChI is InChI=1S/C10HF21O6S/c11-1(3(13,14)15,36-8(26,27)5(19,20)21)6(22,23)35-2(12,4(16,17)18)7(24,25)37-9(28,29)10(30,31)38(32,33)34/h(H,32,33,34). The van der Waals surface area contributed by atoms with E-state index in [0.29, 0.717) is 0 Å². The van der Waals surface area contributed by atoms with Crippen molar-refractivity contribution in [2.45, 2.75) is 59.9 Å². The fourth-order valence-electron chi connectivity index (χ4n) is 1.48. The number of alkyl halides is 21. The third-order valence-corrected chi connectivity index (χ3v) is 4.15. The molecule has 0 fully saturated rings. The molecule has 6 nitrogen and oxygen atoms in total. The van der Waals surface area contributed by atoms with Gasteiger partial charge in [-0.25, -0.2) is 4.74 Å². The highest BCUT2D eigenvalue weighted by Gasteiger charge is 2.87. The minimum atomic E-state index is -8.60. The largest absolute Gasteiger partial charge is 0.483 e. The fourth-order valence-corrected chi connectivity index (χ4v) is 1.82. The second-order valence-electron chi connectivity index (χ2n) is 6.05. The van der Waals surface area contributed by atoms with Gasteiger partial charge in [0.05, 0.1) is 0 Å². The first kappa shape index (κ1) is 36.3.